The van der Waals surface area contributed by atoms with Gasteiger partial charge < -0.3 is 40.3 Å². The summed E-state index contributed by atoms with van der Waals surface area (Å²) in [5.41, 5.74) is 0.206. The van der Waals surface area contributed by atoms with E-state index in [2.05, 4.69) is 26.1 Å². The maximum atomic E-state index is 11.7. The maximum absolute atomic E-state index is 11.7. The van der Waals surface area contributed by atoms with Gasteiger partial charge in [0.15, 0.2) is 12.4 Å². The van der Waals surface area contributed by atoms with Gasteiger partial charge in [-0.2, -0.15) is 8.42 Å². The smallest absolute Gasteiger partial charge is 0.335 e. The topological polar surface area (TPSA) is 203 Å². The molecule has 1 heterocycles. The minimum atomic E-state index is -3.94. The van der Waals surface area contributed by atoms with E-state index in [1.54, 1.807) is 0 Å². The molecule has 0 amide bonds. The number of hydrogen-bond acceptors (Lipinski definition) is 10. The largest absolute Gasteiger partial charge is 0.479 e. The minimum absolute atomic E-state index is 0.0356. The average Bonchev–Trinajstić information content (AvgIpc) is 3.32. The highest BCUT2D eigenvalue weighted by Gasteiger charge is 2.63. The summed E-state index contributed by atoms with van der Waals surface area (Å²) in [5, 5.41) is 55.0. The Balaban J connectivity index is 1.18. The van der Waals surface area contributed by atoms with Gasteiger partial charge in [-0.25, -0.2) is 4.79 Å². The summed E-state index contributed by atoms with van der Waals surface area (Å²) in [6.45, 7) is 8.12. The van der Waals surface area contributed by atoms with E-state index in [4.69, 9.17) is 14.0 Å². The van der Waals surface area contributed by atoms with E-state index < -0.39 is 52.9 Å². The van der Waals surface area contributed by atoms with Gasteiger partial charge in [-0.1, -0.05) is 20.8 Å². The van der Waals surface area contributed by atoms with Crippen molar-refractivity contribution in [2.24, 2.45) is 46.3 Å². The van der Waals surface area contributed by atoms with Crippen molar-refractivity contribution in [3.63, 3.8) is 0 Å². The van der Waals surface area contributed by atoms with Gasteiger partial charge in [0.25, 0.3) is 10.1 Å². The Bertz CT molecular complexity index is 1160. The Morgan fingerprint density at radius 2 is 1.64 bits per heavy atom. The fraction of sp³-hybridized carbons (Fsp3) is 0.969. The molecule has 0 radical (unpaired) electrons. The molecule has 5 fully saturated rings. The summed E-state index contributed by atoms with van der Waals surface area (Å²) < 4.78 is 42.2. The molecule has 0 aromatic rings. The zero-order valence-corrected chi connectivity index (χ0v) is 27.6. The molecule has 0 aromatic heterocycles. The van der Waals surface area contributed by atoms with E-state index in [1.165, 1.54) is 0 Å². The van der Waals surface area contributed by atoms with Crippen molar-refractivity contribution in [3.8, 4) is 0 Å². The summed E-state index contributed by atoms with van der Waals surface area (Å²) in [6, 6.07) is 0. The molecule has 1 aliphatic heterocycles. The number of carboxylic acid groups (broad SMARTS) is 1. The van der Waals surface area contributed by atoms with Crippen molar-refractivity contribution >= 4 is 16.1 Å². The molecule has 45 heavy (non-hydrogen) atoms. The van der Waals surface area contributed by atoms with Crippen LogP contribution in [0.15, 0.2) is 0 Å². The van der Waals surface area contributed by atoms with Crippen molar-refractivity contribution in [1.82, 2.24) is 5.32 Å². The molecule has 1 saturated heterocycles. The Kier molecular flexibility index (Phi) is 10.7. The Morgan fingerprint density at radius 1 is 0.956 bits per heavy atom. The fourth-order valence-corrected chi connectivity index (χ4v) is 11.1. The third-order valence-electron chi connectivity index (χ3n) is 13.1. The number of nitrogens with one attached hydrogen (secondary N) is 1. The highest BCUT2D eigenvalue weighted by atomic mass is 32.2. The molecule has 12 nitrogen and oxygen atoms in total. The van der Waals surface area contributed by atoms with Gasteiger partial charge in [0.1, 0.15) is 18.3 Å². The molecule has 0 spiro atoms. The third-order valence-corrected chi connectivity index (χ3v) is 13.8. The molecule has 13 heteroatoms. The summed E-state index contributed by atoms with van der Waals surface area (Å²) in [7, 11) is -3.94. The third kappa shape index (κ3) is 6.98. The molecular weight excluding hydrogens is 606 g/mol. The van der Waals surface area contributed by atoms with Gasteiger partial charge >= 0.3 is 5.97 Å². The Hall–Kier alpha value is -0.900. The number of aliphatic hydroxyl groups is 4. The van der Waals surface area contributed by atoms with E-state index in [-0.39, 0.29) is 41.1 Å². The van der Waals surface area contributed by atoms with Crippen LogP contribution in [0, 0.1) is 46.3 Å². The lowest BCUT2D eigenvalue weighted by Gasteiger charge is -2.62. The van der Waals surface area contributed by atoms with Crippen LogP contribution in [-0.4, -0.2) is 106 Å². The lowest BCUT2D eigenvalue weighted by Crippen LogP contribution is -2.61. The first-order valence-corrected chi connectivity index (χ1v) is 18.6. The lowest BCUT2D eigenvalue weighted by molar-refractivity contribution is -0.310. The van der Waals surface area contributed by atoms with Gasteiger partial charge in [-0.15, -0.1) is 0 Å². The zero-order chi connectivity index (χ0) is 32.9. The predicted molar refractivity (Wildman–Crippen MR) is 163 cm³/mol. The van der Waals surface area contributed by atoms with Crippen molar-refractivity contribution in [2.75, 3.05) is 18.8 Å². The standard InChI is InChI=1S/C32H55NO11S/c1-17(5-4-12-33-13-14-45(40,41)42)20-6-7-21-24-22(9-11-32(20,21)3)31(2)10-8-19(15-18(31)16-23(24)34)43-30-27(37)25(35)26(36)28(44-30)29(38)39/h17-28,30,33-37H,4-16H2,1-3H3,(H,38,39)(H,40,41,42)/t17-,18+,19-,20-,21+,22+,23+,24+,25+,26+,27-,28+,30-,31+,32-/m1/s1. The molecular formula is C32H55NO11S. The van der Waals surface area contributed by atoms with E-state index in [9.17, 15) is 38.7 Å². The van der Waals surface area contributed by atoms with Crippen LogP contribution in [0.3, 0.4) is 0 Å². The number of carboxylic acids is 1. The van der Waals surface area contributed by atoms with E-state index in [1.807, 2.05) is 0 Å². The zero-order valence-electron chi connectivity index (χ0n) is 26.8. The van der Waals surface area contributed by atoms with Crippen LogP contribution in [0.1, 0.15) is 85.0 Å². The minimum Gasteiger partial charge on any atom is -0.479 e. The molecule has 15 atom stereocenters. The predicted octanol–water partition coefficient (Wildman–Crippen LogP) is 1.79. The quantitative estimate of drug-likeness (QED) is 0.0963. The number of hydrogen-bond donors (Lipinski definition) is 7. The van der Waals surface area contributed by atoms with E-state index in [0.717, 1.165) is 51.5 Å². The molecule has 0 aromatic carbocycles. The average molecular weight is 662 g/mol. The van der Waals surface area contributed by atoms with Crippen LogP contribution in [0.2, 0.25) is 0 Å². The number of ether oxygens (including phenoxy) is 2. The second-order valence-corrected chi connectivity index (χ2v) is 17.0. The molecule has 0 bridgehead atoms. The molecule has 7 N–H and O–H groups in total. The van der Waals surface area contributed by atoms with Gasteiger partial charge in [-0.3, -0.25) is 4.55 Å². The monoisotopic (exact) mass is 661 g/mol. The molecule has 4 saturated carbocycles. The molecule has 5 rings (SSSR count). The fourth-order valence-electron chi connectivity index (χ4n) is 10.7. The first-order valence-electron chi connectivity index (χ1n) is 17.0. The highest BCUT2D eigenvalue weighted by Crippen LogP contribution is 2.68. The van der Waals surface area contributed by atoms with Crippen molar-refractivity contribution in [2.45, 2.75) is 128 Å². The van der Waals surface area contributed by atoms with Crippen LogP contribution in [-0.2, 0) is 24.4 Å². The second kappa shape index (κ2) is 13.5. The van der Waals surface area contributed by atoms with Crippen LogP contribution in [0.4, 0.5) is 0 Å². The maximum Gasteiger partial charge on any atom is 0.335 e. The van der Waals surface area contributed by atoms with Crippen molar-refractivity contribution in [1.29, 1.82) is 0 Å². The van der Waals surface area contributed by atoms with Crippen LogP contribution < -0.4 is 5.32 Å². The summed E-state index contributed by atoms with van der Waals surface area (Å²) >= 11 is 0. The van der Waals surface area contributed by atoms with Crippen LogP contribution in [0.25, 0.3) is 0 Å². The lowest BCUT2D eigenvalue weighted by atomic mass is 9.43. The van der Waals surface area contributed by atoms with Gasteiger partial charge in [0.05, 0.1) is 18.0 Å². The highest BCUT2D eigenvalue weighted by molar-refractivity contribution is 7.85. The number of carbonyl (C=O) groups is 1. The number of aliphatic carboxylic acids is 1. The molecule has 5 aliphatic rings. The normalized spacial score (nSPS) is 47.4. The van der Waals surface area contributed by atoms with Crippen molar-refractivity contribution in [3.05, 3.63) is 0 Å². The Morgan fingerprint density at radius 3 is 2.33 bits per heavy atom. The van der Waals surface area contributed by atoms with Gasteiger partial charge in [0.2, 0.25) is 0 Å². The summed E-state index contributed by atoms with van der Waals surface area (Å²) in [4.78, 5) is 11.5. The Labute approximate surface area is 267 Å². The van der Waals surface area contributed by atoms with Crippen LogP contribution >= 0.6 is 0 Å². The first kappa shape index (κ1) is 35.4. The first-order chi connectivity index (χ1) is 21.1. The van der Waals surface area contributed by atoms with E-state index in [0.29, 0.717) is 42.9 Å². The summed E-state index contributed by atoms with van der Waals surface area (Å²) in [5.74, 6) is 0.706. The number of rotatable bonds is 11. The molecule has 0 unspecified atom stereocenters. The molecule has 4 aliphatic carbocycles. The molecule has 260 valence electrons. The number of aliphatic hydroxyl groups excluding tert-OH is 4. The second-order valence-electron chi connectivity index (χ2n) is 15.4. The number of fused-ring (bicyclic) bond motifs is 5. The van der Waals surface area contributed by atoms with E-state index >= 15 is 0 Å². The van der Waals surface area contributed by atoms with Crippen molar-refractivity contribution < 1.29 is 52.8 Å². The van der Waals surface area contributed by atoms with Crippen LogP contribution in [0.5, 0.6) is 0 Å². The summed E-state index contributed by atoms with van der Waals surface area (Å²) in [6.07, 6.45) is 0.593. The SMILES string of the molecule is C[C@H](CCCNCCS(=O)(=O)O)[C@H]1CC[C@H]2[C@@H]3[C@@H](O)C[C@@H]4C[C@H](O[C@@H]5O[C@H](C(=O)O)[C@@H](O)[C@H](O)[C@H]5O)CC[C@]4(C)[C@H]3CC[C@]12C. The van der Waals surface area contributed by atoms with Gasteiger partial charge in [-0.05, 0) is 117 Å². The van der Waals surface area contributed by atoms with Gasteiger partial charge in [0, 0.05) is 6.54 Å².